The highest BCUT2D eigenvalue weighted by atomic mass is 32.1. The quantitative estimate of drug-likeness (QED) is 0.777. The number of para-hydroxylation sites is 1. The maximum atomic E-state index is 4.42. The van der Waals surface area contributed by atoms with Gasteiger partial charge in [-0.3, -0.25) is 4.98 Å². The molecule has 0 atom stereocenters. The van der Waals surface area contributed by atoms with Crippen LogP contribution >= 0.6 is 11.3 Å². The first-order valence-electron chi connectivity index (χ1n) is 5.89. The molecular weight excluding hydrogens is 242 g/mol. The Balaban J connectivity index is 1.74. The highest BCUT2D eigenvalue weighted by Crippen LogP contribution is 2.20. The van der Waals surface area contributed by atoms with Crippen molar-refractivity contribution < 1.29 is 0 Å². The SMILES string of the molecule is c1cnc2c(NCCc3nccs3)cccc2c1. The van der Waals surface area contributed by atoms with Gasteiger partial charge in [0.25, 0.3) is 0 Å². The second-order valence-electron chi connectivity index (χ2n) is 3.98. The predicted molar refractivity (Wildman–Crippen MR) is 76.1 cm³/mol. The number of pyridine rings is 1. The third kappa shape index (κ3) is 2.33. The molecule has 0 amide bonds. The molecule has 2 heterocycles. The molecule has 3 nitrogen and oxygen atoms in total. The molecule has 0 spiro atoms. The summed E-state index contributed by atoms with van der Waals surface area (Å²) >= 11 is 1.69. The second-order valence-corrected chi connectivity index (χ2v) is 4.96. The van der Waals surface area contributed by atoms with Crippen LogP contribution in [0.5, 0.6) is 0 Å². The van der Waals surface area contributed by atoms with E-state index in [1.54, 1.807) is 11.3 Å². The van der Waals surface area contributed by atoms with Gasteiger partial charge in [0.1, 0.15) is 0 Å². The highest BCUT2D eigenvalue weighted by Gasteiger charge is 2.01. The van der Waals surface area contributed by atoms with Gasteiger partial charge >= 0.3 is 0 Å². The maximum Gasteiger partial charge on any atom is 0.0942 e. The number of nitrogens with zero attached hydrogens (tertiary/aromatic N) is 2. The Hall–Kier alpha value is -1.94. The van der Waals surface area contributed by atoms with E-state index >= 15 is 0 Å². The van der Waals surface area contributed by atoms with Crippen molar-refractivity contribution >= 4 is 27.9 Å². The molecule has 0 saturated carbocycles. The van der Waals surface area contributed by atoms with Crippen LogP contribution in [0.1, 0.15) is 5.01 Å². The smallest absolute Gasteiger partial charge is 0.0942 e. The van der Waals surface area contributed by atoms with E-state index in [-0.39, 0.29) is 0 Å². The summed E-state index contributed by atoms with van der Waals surface area (Å²) < 4.78 is 0. The first kappa shape index (κ1) is 11.2. The van der Waals surface area contributed by atoms with E-state index in [1.807, 2.05) is 23.8 Å². The fourth-order valence-electron chi connectivity index (χ4n) is 1.93. The van der Waals surface area contributed by atoms with Gasteiger partial charge < -0.3 is 5.32 Å². The van der Waals surface area contributed by atoms with Gasteiger partial charge in [0.2, 0.25) is 0 Å². The minimum Gasteiger partial charge on any atom is -0.383 e. The fourth-order valence-corrected chi connectivity index (χ4v) is 2.55. The lowest BCUT2D eigenvalue weighted by atomic mass is 10.2. The molecule has 0 bridgehead atoms. The molecule has 0 radical (unpaired) electrons. The van der Waals surface area contributed by atoms with Crippen LogP contribution in [0.2, 0.25) is 0 Å². The van der Waals surface area contributed by atoms with Crippen LogP contribution in [0.4, 0.5) is 5.69 Å². The molecule has 3 aromatic rings. The summed E-state index contributed by atoms with van der Waals surface area (Å²) in [4.78, 5) is 8.69. The third-order valence-corrected chi connectivity index (χ3v) is 3.61. The van der Waals surface area contributed by atoms with E-state index < -0.39 is 0 Å². The van der Waals surface area contributed by atoms with Crippen molar-refractivity contribution in [3.8, 4) is 0 Å². The summed E-state index contributed by atoms with van der Waals surface area (Å²) in [5.41, 5.74) is 2.11. The van der Waals surface area contributed by atoms with Crippen LogP contribution in [-0.4, -0.2) is 16.5 Å². The van der Waals surface area contributed by atoms with E-state index in [0.29, 0.717) is 0 Å². The van der Waals surface area contributed by atoms with Gasteiger partial charge in [-0.05, 0) is 12.1 Å². The maximum absolute atomic E-state index is 4.42. The molecule has 1 N–H and O–H groups in total. The van der Waals surface area contributed by atoms with Gasteiger partial charge in [0.15, 0.2) is 0 Å². The largest absolute Gasteiger partial charge is 0.383 e. The molecule has 0 aliphatic rings. The molecule has 1 aromatic carbocycles. The number of fused-ring (bicyclic) bond motifs is 1. The van der Waals surface area contributed by atoms with Gasteiger partial charge in [0, 0.05) is 36.1 Å². The minimum absolute atomic E-state index is 0.878. The molecule has 18 heavy (non-hydrogen) atoms. The Morgan fingerprint density at radius 3 is 2.89 bits per heavy atom. The van der Waals surface area contributed by atoms with Crippen molar-refractivity contribution in [2.24, 2.45) is 0 Å². The number of hydrogen-bond donors (Lipinski definition) is 1. The van der Waals surface area contributed by atoms with E-state index in [0.717, 1.165) is 34.6 Å². The normalized spacial score (nSPS) is 10.7. The molecule has 0 fully saturated rings. The Labute approximate surface area is 110 Å². The van der Waals surface area contributed by atoms with Gasteiger partial charge in [0.05, 0.1) is 16.2 Å². The zero-order valence-corrected chi connectivity index (χ0v) is 10.7. The van der Waals surface area contributed by atoms with Crippen molar-refractivity contribution in [1.29, 1.82) is 0 Å². The van der Waals surface area contributed by atoms with Gasteiger partial charge in [-0.1, -0.05) is 18.2 Å². The number of thiazole rings is 1. The number of aromatic nitrogens is 2. The molecular formula is C14H13N3S. The molecule has 0 unspecified atom stereocenters. The van der Waals surface area contributed by atoms with Crippen molar-refractivity contribution in [3.05, 3.63) is 53.1 Å². The van der Waals surface area contributed by atoms with Crippen LogP contribution < -0.4 is 5.32 Å². The van der Waals surface area contributed by atoms with Gasteiger partial charge in [-0.25, -0.2) is 4.98 Å². The van der Waals surface area contributed by atoms with Crippen molar-refractivity contribution in [2.75, 3.05) is 11.9 Å². The molecule has 2 aromatic heterocycles. The molecule has 0 saturated heterocycles. The summed E-state index contributed by atoms with van der Waals surface area (Å²) in [6.07, 6.45) is 4.62. The summed E-state index contributed by atoms with van der Waals surface area (Å²) in [7, 11) is 0. The topological polar surface area (TPSA) is 37.8 Å². The van der Waals surface area contributed by atoms with E-state index in [1.165, 1.54) is 0 Å². The number of benzene rings is 1. The number of hydrogen-bond acceptors (Lipinski definition) is 4. The van der Waals surface area contributed by atoms with Crippen molar-refractivity contribution in [1.82, 2.24) is 9.97 Å². The van der Waals surface area contributed by atoms with Crippen LogP contribution in [-0.2, 0) is 6.42 Å². The van der Waals surface area contributed by atoms with E-state index in [4.69, 9.17) is 0 Å². The minimum atomic E-state index is 0.878. The first-order chi connectivity index (χ1) is 8.93. The molecule has 0 aliphatic heterocycles. The van der Waals surface area contributed by atoms with E-state index in [2.05, 4.69) is 39.6 Å². The van der Waals surface area contributed by atoms with Crippen LogP contribution in [0.25, 0.3) is 10.9 Å². The van der Waals surface area contributed by atoms with Crippen LogP contribution in [0.15, 0.2) is 48.1 Å². The molecule has 0 aliphatic carbocycles. The van der Waals surface area contributed by atoms with Gasteiger partial charge in [-0.15, -0.1) is 11.3 Å². The van der Waals surface area contributed by atoms with E-state index in [9.17, 15) is 0 Å². The van der Waals surface area contributed by atoms with Gasteiger partial charge in [-0.2, -0.15) is 0 Å². The summed E-state index contributed by atoms with van der Waals surface area (Å²) in [6, 6.07) is 10.2. The lowest BCUT2D eigenvalue weighted by molar-refractivity contribution is 0.999. The molecule has 90 valence electrons. The number of rotatable bonds is 4. The first-order valence-corrected chi connectivity index (χ1v) is 6.77. The fraction of sp³-hybridized carbons (Fsp3) is 0.143. The summed E-state index contributed by atoms with van der Waals surface area (Å²) in [5.74, 6) is 0. The average molecular weight is 255 g/mol. The summed E-state index contributed by atoms with van der Waals surface area (Å²) in [6.45, 7) is 0.878. The van der Waals surface area contributed by atoms with Crippen LogP contribution in [0.3, 0.4) is 0 Å². The van der Waals surface area contributed by atoms with Crippen LogP contribution in [0, 0.1) is 0 Å². The molecule has 3 rings (SSSR count). The zero-order chi connectivity index (χ0) is 12.2. The van der Waals surface area contributed by atoms with Crippen molar-refractivity contribution in [2.45, 2.75) is 6.42 Å². The summed E-state index contributed by atoms with van der Waals surface area (Å²) in [5, 5.41) is 7.77. The third-order valence-electron chi connectivity index (χ3n) is 2.77. The Bertz CT molecular complexity index is 629. The Morgan fingerprint density at radius 1 is 1.06 bits per heavy atom. The molecule has 4 heteroatoms. The lowest BCUT2D eigenvalue weighted by Crippen LogP contribution is -2.05. The Kier molecular flexibility index (Phi) is 3.19. The average Bonchev–Trinajstić information content (AvgIpc) is 2.92. The Morgan fingerprint density at radius 2 is 2.00 bits per heavy atom. The lowest BCUT2D eigenvalue weighted by Gasteiger charge is -2.07. The standard InChI is InChI=1S/C14H13N3S/c1-3-11-4-2-7-17-14(11)12(5-1)15-8-6-13-16-9-10-18-13/h1-5,7,9-10,15H,6,8H2. The number of anilines is 1. The highest BCUT2D eigenvalue weighted by molar-refractivity contribution is 7.09. The zero-order valence-electron chi connectivity index (χ0n) is 9.84. The monoisotopic (exact) mass is 255 g/mol. The number of nitrogens with one attached hydrogen (secondary N) is 1. The van der Waals surface area contributed by atoms with Crippen molar-refractivity contribution in [3.63, 3.8) is 0 Å². The predicted octanol–water partition coefficient (Wildman–Crippen LogP) is 3.35. The second kappa shape index (κ2) is 5.14.